The maximum Gasteiger partial charge on any atom is 0.318 e. The Bertz CT molecular complexity index is 748. The number of aliphatic hydroxyl groups excluding tert-OH is 1. The minimum Gasteiger partial charge on any atom is -0.467 e. The van der Waals surface area contributed by atoms with Crippen molar-refractivity contribution in [2.75, 3.05) is 32.5 Å². The second-order valence-corrected chi connectivity index (χ2v) is 7.80. The summed E-state index contributed by atoms with van der Waals surface area (Å²) < 4.78 is 5.13. The van der Waals surface area contributed by atoms with Crippen LogP contribution < -0.4 is 10.5 Å². The van der Waals surface area contributed by atoms with Crippen LogP contribution in [-0.2, 0) is 0 Å². The number of hydrogen-bond donors (Lipinski definition) is 3. The van der Waals surface area contributed by atoms with Crippen LogP contribution in [0.4, 0.5) is 5.82 Å². The van der Waals surface area contributed by atoms with Crippen molar-refractivity contribution in [1.82, 2.24) is 19.9 Å². The third-order valence-electron chi connectivity index (χ3n) is 6.12. The van der Waals surface area contributed by atoms with Gasteiger partial charge in [-0.1, -0.05) is 0 Å². The van der Waals surface area contributed by atoms with E-state index in [-0.39, 0.29) is 11.9 Å². The molecule has 4 rings (SSSR count). The molecule has 2 aromatic heterocycles. The molecule has 1 atom stereocenters. The summed E-state index contributed by atoms with van der Waals surface area (Å²) in [6.07, 6.45) is 8.49. The molecule has 3 heterocycles. The number of aromatic nitrogens is 3. The van der Waals surface area contributed by atoms with Gasteiger partial charge in [0, 0.05) is 18.3 Å². The first kappa shape index (κ1) is 17.5. The lowest BCUT2D eigenvalue weighted by atomic mass is 9.78. The normalized spacial score (nSPS) is 25.6. The Labute approximate surface area is 154 Å². The van der Waals surface area contributed by atoms with Gasteiger partial charge in [-0.3, -0.25) is 0 Å². The summed E-state index contributed by atoms with van der Waals surface area (Å²) in [6.45, 7) is 3.76. The predicted octanol–water partition coefficient (Wildman–Crippen LogP) is 2.48. The zero-order valence-corrected chi connectivity index (χ0v) is 15.4. The zero-order valence-electron chi connectivity index (χ0n) is 15.4. The number of ether oxygens (including phenoxy) is 1. The number of anilines is 1. The molecule has 142 valence electrons. The fourth-order valence-corrected chi connectivity index (χ4v) is 4.61. The lowest BCUT2D eigenvalue weighted by molar-refractivity contribution is 0.0691. The van der Waals surface area contributed by atoms with Crippen molar-refractivity contribution in [3.8, 4) is 6.01 Å². The van der Waals surface area contributed by atoms with Crippen LogP contribution in [0.2, 0.25) is 0 Å². The summed E-state index contributed by atoms with van der Waals surface area (Å²) in [5.41, 5.74) is 8.11. The fraction of sp³-hybridized carbons (Fsp3) is 0.684. The van der Waals surface area contributed by atoms with E-state index in [0.29, 0.717) is 16.9 Å². The lowest BCUT2D eigenvalue weighted by Crippen LogP contribution is -2.30. The van der Waals surface area contributed by atoms with E-state index < -0.39 is 6.10 Å². The molecule has 0 amide bonds. The maximum atomic E-state index is 11.0. The number of aromatic amines is 1. The van der Waals surface area contributed by atoms with Crippen molar-refractivity contribution < 1.29 is 9.84 Å². The highest BCUT2D eigenvalue weighted by molar-refractivity contribution is 5.87. The Morgan fingerprint density at radius 3 is 2.69 bits per heavy atom. The molecule has 0 spiro atoms. The zero-order chi connectivity index (χ0) is 18.1. The number of methoxy groups -OCH3 is 1. The fourth-order valence-electron chi connectivity index (χ4n) is 4.61. The first-order chi connectivity index (χ1) is 12.7. The molecule has 0 bridgehead atoms. The maximum absolute atomic E-state index is 11.0. The Morgan fingerprint density at radius 1 is 1.27 bits per heavy atom. The molecular formula is C19H29N5O2. The average molecular weight is 359 g/mol. The van der Waals surface area contributed by atoms with Crippen LogP contribution >= 0.6 is 0 Å². The summed E-state index contributed by atoms with van der Waals surface area (Å²) in [7, 11) is 1.52. The summed E-state index contributed by atoms with van der Waals surface area (Å²) >= 11 is 0. The van der Waals surface area contributed by atoms with E-state index in [0.717, 1.165) is 24.3 Å². The summed E-state index contributed by atoms with van der Waals surface area (Å²) in [4.78, 5) is 14.2. The molecule has 1 aliphatic heterocycles. The van der Waals surface area contributed by atoms with E-state index in [4.69, 9.17) is 10.5 Å². The molecule has 26 heavy (non-hydrogen) atoms. The molecule has 1 saturated heterocycles. The van der Waals surface area contributed by atoms with Crippen molar-refractivity contribution >= 4 is 16.9 Å². The highest BCUT2D eigenvalue weighted by atomic mass is 16.5. The van der Waals surface area contributed by atoms with Crippen LogP contribution in [0.25, 0.3) is 11.0 Å². The second kappa shape index (κ2) is 7.40. The van der Waals surface area contributed by atoms with Gasteiger partial charge in [-0.15, -0.1) is 0 Å². The third kappa shape index (κ3) is 3.38. The SMILES string of the molecule is COc1nc(N)c2[nH]cc(C(O)C3CCC(CN4CCCC4)CC3)c2n1. The van der Waals surface area contributed by atoms with Gasteiger partial charge in [0.25, 0.3) is 0 Å². The Kier molecular flexibility index (Phi) is 5.00. The summed E-state index contributed by atoms with van der Waals surface area (Å²) in [6, 6.07) is 0.234. The van der Waals surface area contributed by atoms with Crippen LogP contribution in [0.3, 0.4) is 0 Å². The Balaban J connectivity index is 1.44. The van der Waals surface area contributed by atoms with E-state index in [9.17, 15) is 5.11 Å². The topological polar surface area (TPSA) is 100 Å². The molecule has 0 aromatic carbocycles. The van der Waals surface area contributed by atoms with E-state index in [1.54, 1.807) is 0 Å². The molecule has 7 heteroatoms. The van der Waals surface area contributed by atoms with Gasteiger partial charge < -0.3 is 25.5 Å². The first-order valence-corrected chi connectivity index (χ1v) is 9.74. The van der Waals surface area contributed by atoms with Crippen LogP contribution in [0.15, 0.2) is 6.20 Å². The molecule has 1 unspecified atom stereocenters. The number of nitrogens with two attached hydrogens (primary N) is 1. The summed E-state index contributed by atoms with van der Waals surface area (Å²) in [5, 5.41) is 11.0. The van der Waals surface area contributed by atoms with Gasteiger partial charge in [0.15, 0.2) is 5.82 Å². The quantitative estimate of drug-likeness (QED) is 0.758. The molecule has 0 radical (unpaired) electrons. The van der Waals surface area contributed by atoms with Crippen LogP contribution in [0, 0.1) is 11.8 Å². The van der Waals surface area contributed by atoms with Gasteiger partial charge in [0.05, 0.1) is 13.2 Å². The molecular weight excluding hydrogens is 330 g/mol. The molecule has 2 aromatic rings. The number of aliphatic hydroxyl groups is 1. The van der Waals surface area contributed by atoms with E-state index >= 15 is 0 Å². The Hall–Kier alpha value is -1.86. The minimum absolute atomic E-state index is 0.234. The smallest absolute Gasteiger partial charge is 0.318 e. The Morgan fingerprint density at radius 2 is 2.00 bits per heavy atom. The minimum atomic E-state index is -0.532. The second-order valence-electron chi connectivity index (χ2n) is 7.80. The molecule has 2 aliphatic rings. The van der Waals surface area contributed by atoms with E-state index in [1.807, 2.05) is 6.20 Å². The number of H-pyrrole nitrogens is 1. The highest BCUT2D eigenvalue weighted by Gasteiger charge is 2.30. The third-order valence-corrected chi connectivity index (χ3v) is 6.12. The molecule has 7 nitrogen and oxygen atoms in total. The van der Waals surface area contributed by atoms with Gasteiger partial charge >= 0.3 is 6.01 Å². The van der Waals surface area contributed by atoms with Crippen molar-refractivity contribution in [1.29, 1.82) is 0 Å². The number of likely N-dealkylation sites (tertiary alicyclic amines) is 1. The molecule has 1 saturated carbocycles. The van der Waals surface area contributed by atoms with Crippen LogP contribution in [0.1, 0.15) is 50.2 Å². The predicted molar refractivity (Wildman–Crippen MR) is 101 cm³/mol. The number of nitrogens with zero attached hydrogens (tertiary/aromatic N) is 3. The van der Waals surface area contributed by atoms with E-state index in [1.165, 1.54) is 52.4 Å². The van der Waals surface area contributed by atoms with Gasteiger partial charge in [0.1, 0.15) is 11.0 Å². The highest BCUT2D eigenvalue weighted by Crippen LogP contribution is 2.39. The number of fused-ring (bicyclic) bond motifs is 1. The van der Waals surface area contributed by atoms with Gasteiger partial charge in [0.2, 0.25) is 0 Å². The van der Waals surface area contributed by atoms with Crippen molar-refractivity contribution in [3.05, 3.63) is 11.8 Å². The monoisotopic (exact) mass is 359 g/mol. The van der Waals surface area contributed by atoms with Crippen molar-refractivity contribution in [2.24, 2.45) is 11.8 Å². The number of nitrogens with one attached hydrogen (secondary N) is 1. The van der Waals surface area contributed by atoms with Crippen LogP contribution in [-0.4, -0.2) is 51.7 Å². The standard InChI is InChI=1S/C19H29N5O2/c1-26-19-22-15-14(10-21-16(15)18(20)23-19)17(25)13-6-4-12(5-7-13)11-24-8-2-3-9-24/h10,12-13,17,21,25H,2-9,11H2,1H3,(H2,20,22,23). The first-order valence-electron chi connectivity index (χ1n) is 9.74. The van der Waals surface area contributed by atoms with Crippen LogP contribution in [0.5, 0.6) is 6.01 Å². The molecule has 1 aliphatic carbocycles. The number of rotatable bonds is 5. The largest absolute Gasteiger partial charge is 0.467 e. The number of hydrogen-bond acceptors (Lipinski definition) is 6. The van der Waals surface area contributed by atoms with E-state index in [2.05, 4.69) is 19.9 Å². The van der Waals surface area contributed by atoms with Gasteiger partial charge in [-0.05, 0) is 63.5 Å². The summed E-state index contributed by atoms with van der Waals surface area (Å²) in [5.74, 6) is 1.39. The average Bonchev–Trinajstić information content (AvgIpc) is 3.31. The van der Waals surface area contributed by atoms with Crippen molar-refractivity contribution in [2.45, 2.75) is 44.6 Å². The van der Waals surface area contributed by atoms with Gasteiger partial charge in [-0.25, -0.2) is 0 Å². The van der Waals surface area contributed by atoms with Gasteiger partial charge in [-0.2, -0.15) is 9.97 Å². The molecule has 2 fully saturated rings. The lowest BCUT2D eigenvalue weighted by Gasteiger charge is -2.33. The van der Waals surface area contributed by atoms with Crippen molar-refractivity contribution in [3.63, 3.8) is 0 Å². The molecule has 4 N–H and O–H groups in total. The number of nitrogen functional groups attached to an aromatic ring is 1.